The summed E-state index contributed by atoms with van der Waals surface area (Å²) in [6.45, 7) is 2.85. The van der Waals surface area contributed by atoms with E-state index in [9.17, 15) is 4.79 Å². The maximum Gasteiger partial charge on any atom is 0.265 e. The third-order valence-corrected chi connectivity index (χ3v) is 6.57. The molecule has 5 rings (SSSR count). The lowest BCUT2D eigenvalue weighted by molar-refractivity contribution is 0.0206. The number of anilines is 1. The Bertz CT molecular complexity index is 1190. The SMILES string of the molecule is COc1ccc([C@@H](c2oc3ccccc3c2NC(=O)c2cccs2)N2CCOCC2)cc1. The Morgan fingerprint density at radius 2 is 1.84 bits per heavy atom. The first kappa shape index (κ1) is 20.8. The maximum atomic E-state index is 13.0. The van der Waals surface area contributed by atoms with E-state index in [1.54, 1.807) is 7.11 Å². The third-order valence-electron chi connectivity index (χ3n) is 5.70. The Hall–Kier alpha value is -3.13. The summed E-state index contributed by atoms with van der Waals surface area (Å²) in [5.74, 6) is 1.39. The first-order valence-electron chi connectivity index (χ1n) is 10.6. The van der Waals surface area contributed by atoms with Crippen LogP contribution < -0.4 is 10.1 Å². The van der Waals surface area contributed by atoms with Gasteiger partial charge in [-0.25, -0.2) is 0 Å². The van der Waals surface area contributed by atoms with Crippen molar-refractivity contribution in [2.45, 2.75) is 6.04 Å². The summed E-state index contributed by atoms with van der Waals surface area (Å²) >= 11 is 1.42. The second-order valence-electron chi connectivity index (χ2n) is 7.59. The Morgan fingerprint density at radius 1 is 1.06 bits per heavy atom. The van der Waals surface area contributed by atoms with Crippen molar-refractivity contribution in [3.63, 3.8) is 0 Å². The molecule has 1 atom stereocenters. The van der Waals surface area contributed by atoms with Crippen molar-refractivity contribution in [2.75, 3.05) is 38.7 Å². The Balaban J connectivity index is 1.63. The second-order valence-corrected chi connectivity index (χ2v) is 8.54. The van der Waals surface area contributed by atoms with E-state index in [4.69, 9.17) is 13.9 Å². The van der Waals surface area contributed by atoms with Gasteiger partial charge in [-0.15, -0.1) is 11.3 Å². The average Bonchev–Trinajstić information content (AvgIpc) is 3.50. The molecule has 0 unspecified atom stereocenters. The van der Waals surface area contributed by atoms with E-state index in [1.807, 2.05) is 53.9 Å². The van der Waals surface area contributed by atoms with Crippen molar-refractivity contribution in [2.24, 2.45) is 0 Å². The predicted molar refractivity (Wildman–Crippen MR) is 126 cm³/mol. The lowest BCUT2D eigenvalue weighted by atomic mass is 10.00. The van der Waals surface area contributed by atoms with Crippen molar-refractivity contribution in [3.8, 4) is 5.75 Å². The minimum absolute atomic E-state index is 0.136. The summed E-state index contributed by atoms with van der Waals surface area (Å²) in [4.78, 5) is 16.0. The summed E-state index contributed by atoms with van der Waals surface area (Å²) in [6, 6.07) is 19.4. The molecule has 164 valence electrons. The van der Waals surface area contributed by atoms with Crippen LogP contribution in [0.4, 0.5) is 5.69 Å². The molecule has 1 aliphatic heterocycles. The molecule has 1 saturated heterocycles. The van der Waals surface area contributed by atoms with Crippen LogP contribution in [-0.4, -0.2) is 44.2 Å². The molecular weight excluding hydrogens is 424 g/mol. The van der Waals surface area contributed by atoms with Gasteiger partial charge in [-0.2, -0.15) is 0 Å². The van der Waals surface area contributed by atoms with Gasteiger partial charge in [0, 0.05) is 18.5 Å². The summed E-state index contributed by atoms with van der Waals surface area (Å²) < 4.78 is 17.4. The van der Waals surface area contributed by atoms with E-state index in [0.29, 0.717) is 23.8 Å². The van der Waals surface area contributed by atoms with Crippen LogP contribution in [0.3, 0.4) is 0 Å². The maximum absolute atomic E-state index is 13.0. The number of methoxy groups -OCH3 is 1. The molecule has 1 N–H and O–H groups in total. The molecule has 0 spiro atoms. The number of rotatable bonds is 6. The molecule has 2 aromatic heterocycles. The second kappa shape index (κ2) is 9.16. The molecule has 0 aliphatic carbocycles. The summed E-state index contributed by atoms with van der Waals surface area (Å²) in [5, 5.41) is 5.93. The van der Waals surface area contributed by atoms with Crippen LogP contribution in [0.1, 0.15) is 27.0 Å². The van der Waals surface area contributed by atoms with E-state index in [-0.39, 0.29) is 11.9 Å². The first-order chi connectivity index (χ1) is 15.7. The van der Waals surface area contributed by atoms with Gasteiger partial charge in [-0.3, -0.25) is 9.69 Å². The topological polar surface area (TPSA) is 63.9 Å². The van der Waals surface area contributed by atoms with Crippen molar-refractivity contribution in [1.82, 2.24) is 4.90 Å². The van der Waals surface area contributed by atoms with Crippen molar-refractivity contribution in [1.29, 1.82) is 0 Å². The van der Waals surface area contributed by atoms with Crippen LogP contribution in [-0.2, 0) is 4.74 Å². The number of benzene rings is 2. The number of amides is 1. The molecule has 2 aromatic carbocycles. The van der Waals surface area contributed by atoms with Gasteiger partial charge < -0.3 is 19.2 Å². The lowest BCUT2D eigenvalue weighted by Gasteiger charge is -2.34. The fraction of sp³-hybridized carbons (Fsp3) is 0.240. The minimum Gasteiger partial charge on any atom is -0.497 e. The molecule has 1 aliphatic rings. The van der Waals surface area contributed by atoms with Crippen LogP contribution in [0, 0.1) is 0 Å². The van der Waals surface area contributed by atoms with Crippen molar-refractivity contribution in [3.05, 3.63) is 82.2 Å². The van der Waals surface area contributed by atoms with Gasteiger partial charge in [0.15, 0.2) is 0 Å². The molecule has 0 radical (unpaired) electrons. The standard InChI is InChI=1S/C25H24N2O4S/c1-29-18-10-8-17(9-11-18)23(27-12-14-30-15-13-27)24-22(19-5-2-3-6-20(19)31-24)26-25(28)21-7-4-16-32-21/h2-11,16,23H,12-15H2,1H3,(H,26,28)/t23-/m0/s1. The highest BCUT2D eigenvalue weighted by Crippen LogP contribution is 2.41. The summed E-state index contributed by atoms with van der Waals surface area (Å²) in [7, 11) is 1.66. The normalized spacial score (nSPS) is 15.5. The Labute approximate surface area is 190 Å². The van der Waals surface area contributed by atoms with Crippen molar-refractivity contribution < 1.29 is 18.7 Å². The number of carbonyl (C=O) groups is 1. The predicted octanol–water partition coefficient (Wildman–Crippen LogP) is 5.18. The van der Waals surface area contributed by atoms with Crippen LogP contribution in [0.15, 0.2) is 70.5 Å². The quantitative estimate of drug-likeness (QED) is 0.441. The number of para-hydroxylation sites is 1. The van der Waals surface area contributed by atoms with Gasteiger partial charge in [0.1, 0.15) is 17.1 Å². The van der Waals surface area contributed by atoms with Crippen molar-refractivity contribution >= 4 is 33.9 Å². The van der Waals surface area contributed by atoms with E-state index < -0.39 is 0 Å². The molecule has 4 aromatic rings. The van der Waals surface area contributed by atoms with Gasteiger partial charge >= 0.3 is 0 Å². The molecular formula is C25H24N2O4S. The lowest BCUT2D eigenvalue weighted by Crippen LogP contribution is -2.39. The summed E-state index contributed by atoms with van der Waals surface area (Å²) in [6.07, 6.45) is 0. The zero-order chi connectivity index (χ0) is 21.9. The van der Waals surface area contributed by atoms with Gasteiger partial charge in [-0.1, -0.05) is 30.3 Å². The average molecular weight is 449 g/mol. The van der Waals surface area contributed by atoms with E-state index in [0.717, 1.165) is 41.1 Å². The number of nitrogens with one attached hydrogen (secondary N) is 1. The number of hydrogen-bond acceptors (Lipinski definition) is 6. The number of carbonyl (C=O) groups excluding carboxylic acids is 1. The molecule has 32 heavy (non-hydrogen) atoms. The van der Waals surface area contributed by atoms with Gasteiger partial charge in [0.25, 0.3) is 5.91 Å². The number of ether oxygens (including phenoxy) is 2. The Kier molecular flexibility index (Phi) is 5.94. The van der Waals surface area contributed by atoms with E-state index in [2.05, 4.69) is 22.3 Å². The monoisotopic (exact) mass is 448 g/mol. The number of fused-ring (bicyclic) bond motifs is 1. The molecule has 1 fully saturated rings. The van der Waals surface area contributed by atoms with E-state index >= 15 is 0 Å². The minimum atomic E-state index is -0.171. The third kappa shape index (κ3) is 4.02. The Morgan fingerprint density at radius 3 is 2.56 bits per heavy atom. The fourth-order valence-electron chi connectivity index (χ4n) is 4.12. The zero-order valence-electron chi connectivity index (χ0n) is 17.7. The number of thiophene rings is 1. The van der Waals surface area contributed by atoms with Crippen LogP contribution in [0.25, 0.3) is 11.0 Å². The highest BCUT2D eigenvalue weighted by molar-refractivity contribution is 7.12. The van der Waals surface area contributed by atoms with Crippen LogP contribution in [0.2, 0.25) is 0 Å². The number of morpholine rings is 1. The molecule has 3 heterocycles. The van der Waals surface area contributed by atoms with Gasteiger partial charge in [0.2, 0.25) is 0 Å². The highest BCUT2D eigenvalue weighted by atomic mass is 32.1. The highest BCUT2D eigenvalue weighted by Gasteiger charge is 2.31. The largest absolute Gasteiger partial charge is 0.497 e. The molecule has 0 saturated carbocycles. The number of furan rings is 1. The van der Waals surface area contributed by atoms with Gasteiger partial charge in [0.05, 0.1) is 36.9 Å². The number of hydrogen-bond donors (Lipinski definition) is 1. The number of nitrogens with zero attached hydrogens (tertiary/aromatic N) is 1. The smallest absolute Gasteiger partial charge is 0.265 e. The molecule has 1 amide bonds. The zero-order valence-corrected chi connectivity index (χ0v) is 18.6. The molecule has 7 heteroatoms. The summed E-state index contributed by atoms with van der Waals surface area (Å²) in [5.41, 5.74) is 2.53. The first-order valence-corrected chi connectivity index (χ1v) is 11.4. The molecule has 0 bridgehead atoms. The van der Waals surface area contributed by atoms with Crippen LogP contribution in [0.5, 0.6) is 5.75 Å². The van der Waals surface area contributed by atoms with Crippen LogP contribution >= 0.6 is 11.3 Å². The van der Waals surface area contributed by atoms with Gasteiger partial charge in [-0.05, 0) is 41.3 Å². The fourth-order valence-corrected chi connectivity index (χ4v) is 4.74. The van der Waals surface area contributed by atoms with E-state index in [1.165, 1.54) is 11.3 Å². The molecule has 6 nitrogen and oxygen atoms in total.